The van der Waals surface area contributed by atoms with Crippen LogP contribution >= 0.6 is 0 Å². The zero-order chi connectivity index (χ0) is 20.3. The maximum atomic E-state index is 12.7. The van der Waals surface area contributed by atoms with E-state index in [-0.39, 0.29) is 5.91 Å². The molecule has 3 aromatic rings. The van der Waals surface area contributed by atoms with Crippen molar-refractivity contribution in [3.8, 4) is 11.1 Å². The van der Waals surface area contributed by atoms with Crippen LogP contribution in [0.4, 0.5) is 5.69 Å². The van der Waals surface area contributed by atoms with Gasteiger partial charge in [0.05, 0.1) is 12.6 Å². The molecule has 0 saturated carbocycles. The molecule has 2 aliphatic heterocycles. The summed E-state index contributed by atoms with van der Waals surface area (Å²) in [4.78, 5) is 21.5. The van der Waals surface area contributed by atoms with Crippen LogP contribution in [0, 0.1) is 5.92 Å². The molecule has 1 aromatic carbocycles. The van der Waals surface area contributed by atoms with E-state index in [9.17, 15) is 4.79 Å². The predicted molar refractivity (Wildman–Crippen MR) is 117 cm³/mol. The highest BCUT2D eigenvalue weighted by atomic mass is 16.2. The Hall–Kier alpha value is -3.15. The van der Waals surface area contributed by atoms with E-state index in [1.54, 1.807) is 6.20 Å². The number of hydrogen-bond acceptors (Lipinski definition) is 4. The maximum absolute atomic E-state index is 12.7. The fourth-order valence-corrected chi connectivity index (χ4v) is 4.74. The molecule has 1 amide bonds. The number of aryl methyl sites for hydroxylation is 1. The molecule has 4 heterocycles. The van der Waals surface area contributed by atoms with Crippen LogP contribution in [0.15, 0.2) is 55.0 Å². The van der Waals surface area contributed by atoms with Crippen LogP contribution in [0.2, 0.25) is 0 Å². The van der Waals surface area contributed by atoms with E-state index in [0.29, 0.717) is 12.3 Å². The summed E-state index contributed by atoms with van der Waals surface area (Å²) in [6, 6.07) is 12.5. The van der Waals surface area contributed by atoms with Gasteiger partial charge in [-0.1, -0.05) is 12.1 Å². The van der Waals surface area contributed by atoms with E-state index in [0.717, 1.165) is 50.3 Å². The van der Waals surface area contributed by atoms with Crippen LogP contribution < -0.4 is 4.90 Å². The monoisotopic (exact) mass is 401 g/mol. The molecule has 0 spiro atoms. The van der Waals surface area contributed by atoms with Gasteiger partial charge in [0, 0.05) is 55.5 Å². The summed E-state index contributed by atoms with van der Waals surface area (Å²) in [6.07, 6.45) is 9.34. The first kappa shape index (κ1) is 18.9. The van der Waals surface area contributed by atoms with E-state index in [1.807, 2.05) is 35.5 Å². The van der Waals surface area contributed by atoms with E-state index in [2.05, 4.69) is 38.3 Å². The molecule has 1 N–H and O–H groups in total. The molecule has 6 nitrogen and oxygen atoms in total. The number of amides is 1. The molecule has 1 fully saturated rings. The third-order valence-corrected chi connectivity index (χ3v) is 6.30. The number of nitrogens with one attached hydrogen (secondary N) is 1. The summed E-state index contributed by atoms with van der Waals surface area (Å²) in [5, 5.41) is 6.97. The smallest absolute Gasteiger partial charge is 0.228 e. The number of nitrogens with zero attached hydrogens (tertiary/aromatic N) is 4. The Morgan fingerprint density at radius 2 is 2.13 bits per heavy atom. The minimum Gasteiger partial charge on any atom is -0.371 e. The van der Waals surface area contributed by atoms with Crippen molar-refractivity contribution in [3.63, 3.8) is 0 Å². The third kappa shape index (κ3) is 3.95. The Kier molecular flexibility index (Phi) is 5.22. The highest BCUT2D eigenvalue weighted by Gasteiger charge is 2.29. The first-order valence-corrected chi connectivity index (χ1v) is 10.8. The number of rotatable bonds is 5. The van der Waals surface area contributed by atoms with Gasteiger partial charge in [0.2, 0.25) is 5.91 Å². The summed E-state index contributed by atoms with van der Waals surface area (Å²) >= 11 is 0. The lowest BCUT2D eigenvalue weighted by Crippen LogP contribution is -2.36. The average Bonchev–Trinajstić information content (AvgIpc) is 3.47. The van der Waals surface area contributed by atoms with Gasteiger partial charge in [-0.2, -0.15) is 5.10 Å². The summed E-state index contributed by atoms with van der Waals surface area (Å²) in [6.45, 7) is 3.82. The van der Waals surface area contributed by atoms with E-state index >= 15 is 0 Å². The Morgan fingerprint density at radius 1 is 1.17 bits per heavy atom. The maximum Gasteiger partial charge on any atom is 0.228 e. The second-order valence-electron chi connectivity index (χ2n) is 8.37. The van der Waals surface area contributed by atoms with Crippen molar-refractivity contribution in [3.05, 3.63) is 66.2 Å². The van der Waals surface area contributed by atoms with Crippen LogP contribution in [-0.4, -0.2) is 52.2 Å². The van der Waals surface area contributed by atoms with Gasteiger partial charge in [-0.25, -0.2) is 0 Å². The topological polar surface area (TPSA) is 65.1 Å². The number of anilines is 1. The van der Waals surface area contributed by atoms with Gasteiger partial charge in [0.15, 0.2) is 0 Å². The Balaban J connectivity index is 1.22. The van der Waals surface area contributed by atoms with Crippen LogP contribution in [0.1, 0.15) is 24.1 Å². The van der Waals surface area contributed by atoms with Crippen molar-refractivity contribution < 1.29 is 4.79 Å². The zero-order valence-electron chi connectivity index (χ0n) is 17.1. The van der Waals surface area contributed by atoms with Gasteiger partial charge in [-0.15, -0.1) is 0 Å². The van der Waals surface area contributed by atoms with Gasteiger partial charge in [-0.3, -0.25) is 14.9 Å². The Bertz CT molecular complexity index is 1000. The molecule has 0 bridgehead atoms. The van der Waals surface area contributed by atoms with Crippen LogP contribution in [0.5, 0.6) is 0 Å². The molecule has 1 unspecified atom stereocenters. The number of carbonyl (C=O) groups is 1. The van der Waals surface area contributed by atoms with Crippen molar-refractivity contribution in [1.29, 1.82) is 0 Å². The Morgan fingerprint density at radius 3 is 2.97 bits per heavy atom. The molecular weight excluding hydrogens is 374 g/mol. The standard InChI is InChI=1S/C24H27N5O/c30-24(13-22-5-1-2-9-25-22)29-11-8-18(17-29)16-28-10-3-4-20-12-19(6-7-23(20)28)21-14-26-27-15-21/h1-2,5-7,9,12,14-15,18H,3-4,8,10-11,13,16-17H2,(H,26,27). The van der Waals surface area contributed by atoms with Crippen LogP contribution in [0.25, 0.3) is 11.1 Å². The molecule has 154 valence electrons. The fourth-order valence-electron chi connectivity index (χ4n) is 4.74. The van der Waals surface area contributed by atoms with Crippen LogP contribution in [-0.2, 0) is 17.6 Å². The van der Waals surface area contributed by atoms with E-state index in [4.69, 9.17) is 0 Å². The number of likely N-dealkylation sites (tertiary alicyclic amines) is 1. The number of carbonyl (C=O) groups excluding carboxylic acids is 1. The number of fused-ring (bicyclic) bond motifs is 1. The fraction of sp³-hybridized carbons (Fsp3) is 0.375. The SMILES string of the molecule is O=C(Cc1ccccn1)N1CCC(CN2CCCc3cc(-c4cn[nH]c4)ccc32)C1. The summed E-state index contributed by atoms with van der Waals surface area (Å²) in [5.41, 5.74) is 5.97. The van der Waals surface area contributed by atoms with Crippen molar-refractivity contribution in [2.75, 3.05) is 31.1 Å². The lowest BCUT2D eigenvalue weighted by Gasteiger charge is -2.33. The second kappa shape index (κ2) is 8.30. The second-order valence-corrected chi connectivity index (χ2v) is 8.37. The first-order chi connectivity index (χ1) is 14.8. The van der Waals surface area contributed by atoms with Crippen LogP contribution in [0.3, 0.4) is 0 Å². The molecule has 6 heteroatoms. The molecule has 0 aliphatic carbocycles. The van der Waals surface area contributed by atoms with Crippen molar-refractivity contribution in [2.24, 2.45) is 5.92 Å². The minimum absolute atomic E-state index is 0.194. The number of hydrogen-bond donors (Lipinski definition) is 1. The minimum atomic E-state index is 0.194. The molecule has 30 heavy (non-hydrogen) atoms. The molecule has 1 atom stereocenters. The summed E-state index contributed by atoms with van der Waals surface area (Å²) in [5.74, 6) is 0.720. The number of pyridine rings is 1. The van der Waals surface area contributed by atoms with Gasteiger partial charge in [0.1, 0.15) is 0 Å². The van der Waals surface area contributed by atoms with E-state index < -0.39 is 0 Å². The average molecular weight is 402 g/mol. The molecule has 2 aromatic heterocycles. The van der Waals surface area contributed by atoms with Gasteiger partial charge >= 0.3 is 0 Å². The highest BCUT2D eigenvalue weighted by molar-refractivity contribution is 5.78. The third-order valence-electron chi connectivity index (χ3n) is 6.30. The molecule has 1 saturated heterocycles. The largest absolute Gasteiger partial charge is 0.371 e. The summed E-state index contributed by atoms with van der Waals surface area (Å²) in [7, 11) is 0. The van der Waals surface area contributed by atoms with Crippen molar-refractivity contribution >= 4 is 11.6 Å². The normalized spacial score (nSPS) is 18.5. The highest BCUT2D eigenvalue weighted by Crippen LogP contribution is 2.32. The molecule has 2 aliphatic rings. The number of H-pyrrole nitrogens is 1. The van der Waals surface area contributed by atoms with Gasteiger partial charge < -0.3 is 9.80 Å². The predicted octanol–water partition coefficient (Wildman–Crippen LogP) is 3.32. The van der Waals surface area contributed by atoms with Crippen molar-refractivity contribution in [1.82, 2.24) is 20.1 Å². The molecule has 5 rings (SSSR count). The Labute approximate surface area is 176 Å². The lowest BCUT2D eigenvalue weighted by atomic mass is 9.96. The number of aromatic nitrogens is 3. The van der Waals surface area contributed by atoms with E-state index in [1.165, 1.54) is 23.2 Å². The van der Waals surface area contributed by atoms with Gasteiger partial charge in [-0.05, 0) is 60.6 Å². The van der Waals surface area contributed by atoms with Gasteiger partial charge in [0.25, 0.3) is 0 Å². The quantitative estimate of drug-likeness (QED) is 0.712. The molecular formula is C24H27N5O. The number of aromatic amines is 1. The number of benzene rings is 1. The summed E-state index contributed by atoms with van der Waals surface area (Å²) < 4.78 is 0. The lowest BCUT2D eigenvalue weighted by molar-refractivity contribution is -0.129. The van der Waals surface area contributed by atoms with Crippen molar-refractivity contribution in [2.45, 2.75) is 25.7 Å². The molecule has 0 radical (unpaired) electrons. The first-order valence-electron chi connectivity index (χ1n) is 10.8. The zero-order valence-corrected chi connectivity index (χ0v) is 17.1.